The molecule has 1 aromatic heterocycles. The van der Waals surface area contributed by atoms with Gasteiger partial charge in [-0.05, 0) is 49.2 Å². The molecule has 2 aromatic rings. The number of anilines is 2. The van der Waals surface area contributed by atoms with Crippen molar-refractivity contribution in [2.45, 2.75) is 26.8 Å². The van der Waals surface area contributed by atoms with E-state index < -0.39 is 0 Å². The smallest absolute Gasteiger partial charge is 0.221 e. The summed E-state index contributed by atoms with van der Waals surface area (Å²) >= 11 is 0. The molecular weight excluding hydrogens is 269 g/mol. The van der Waals surface area contributed by atoms with Crippen LogP contribution in [0.2, 0.25) is 0 Å². The van der Waals surface area contributed by atoms with E-state index in [1.165, 1.54) is 19.2 Å². The van der Waals surface area contributed by atoms with Gasteiger partial charge in [0.1, 0.15) is 5.82 Å². The maximum Gasteiger partial charge on any atom is 0.221 e. The number of benzene rings is 1. The van der Waals surface area contributed by atoms with E-state index in [9.17, 15) is 9.18 Å². The summed E-state index contributed by atoms with van der Waals surface area (Å²) in [7, 11) is 0. The second-order valence-corrected chi connectivity index (χ2v) is 5.01. The first-order valence-electron chi connectivity index (χ1n) is 6.71. The molecule has 1 heterocycles. The average molecular weight is 287 g/mol. The Labute approximate surface area is 123 Å². The SMILES string of the molecule is CC(=O)Nc1ccc(NC(C)c2cncc(F)c2)cc1C. The van der Waals surface area contributed by atoms with E-state index in [0.717, 1.165) is 22.5 Å². The van der Waals surface area contributed by atoms with Gasteiger partial charge in [-0.3, -0.25) is 9.78 Å². The van der Waals surface area contributed by atoms with Crippen LogP contribution in [0.5, 0.6) is 0 Å². The summed E-state index contributed by atoms with van der Waals surface area (Å²) in [6.45, 7) is 5.34. The van der Waals surface area contributed by atoms with Gasteiger partial charge in [-0.15, -0.1) is 0 Å². The topological polar surface area (TPSA) is 54.0 Å². The predicted octanol–water partition coefficient (Wildman–Crippen LogP) is 3.66. The highest BCUT2D eigenvalue weighted by molar-refractivity contribution is 5.89. The molecule has 2 N–H and O–H groups in total. The molecule has 0 spiro atoms. The molecule has 0 saturated carbocycles. The van der Waals surface area contributed by atoms with E-state index in [2.05, 4.69) is 15.6 Å². The monoisotopic (exact) mass is 287 g/mol. The van der Waals surface area contributed by atoms with Gasteiger partial charge in [0.2, 0.25) is 5.91 Å². The summed E-state index contributed by atoms with van der Waals surface area (Å²) in [6.07, 6.45) is 2.82. The van der Waals surface area contributed by atoms with Crippen molar-refractivity contribution in [2.24, 2.45) is 0 Å². The number of hydrogen-bond acceptors (Lipinski definition) is 3. The van der Waals surface area contributed by atoms with E-state index in [1.807, 2.05) is 32.0 Å². The summed E-state index contributed by atoms with van der Waals surface area (Å²) in [5.41, 5.74) is 3.42. The van der Waals surface area contributed by atoms with Gasteiger partial charge in [0.15, 0.2) is 0 Å². The van der Waals surface area contributed by atoms with Crippen LogP contribution in [0.4, 0.5) is 15.8 Å². The van der Waals surface area contributed by atoms with Gasteiger partial charge >= 0.3 is 0 Å². The van der Waals surface area contributed by atoms with Gasteiger partial charge in [-0.25, -0.2) is 4.39 Å². The molecule has 0 aliphatic heterocycles. The number of carbonyl (C=O) groups excluding carboxylic acids is 1. The molecule has 1 atom stereocenters. The van der Waals surface area contributed by atoms with E-state index in [1.54, 1.807) is 6.20 Å². The summed E-state index contributed by atoms with van der Waals surface area (Å²) < 4.78 is 13.2. The molecule has 1 amide bonds. The van der Waals surface area contributed by atoms with Gasteiger partial charge in [0, 0.05) is 24.5 Å². The Morgan fingerprint density at radius 1 is 1.29 bits per heavy atom. The highest BCUT2D eigenvalue weighted by Crippen LogP contribution is 2.23. The first-order valence-corrected chi connectivity index (χ1v) is 6.71. The molecule has 1 unspecified atom stereocenters. The van der Waals surface area contributed by atoms with Crippen LogP contribution < -0.4 is 10.6 Å². The Hall–Kier alpha value is -2.43. The van der Waals surface area contributed by atoms with Gasteiger partial charge in [0.25, 0.3) is 0 Å². The van der Waals surface area contributed by atoms with Gasteiger partial charge in [-0.2, -0.15) is 0 Å². The zero-order chi connectivity index (χ0) is 15.4. The number of aromatic nitrogens is 1. The van der Waals surface area contributed by atoms with Crippen molar-refractivity contribution < 1.29 is 9.18 Å². The molecule has 0 aliphatic rings. The quantitative estimate of drug-likeness (QED) is 0.902. The molecular formula is C16H18FN3O. The van der Waals surface area contributed by atoms with Crippen molar-refractivity contribution in [3.63, 3.8) is 0 Å². The minimum Gasteiger partial charge on any atom is -0.378 e. The molecule has 21 heavy (non-hydrogen) atoms. The summed E-state index contributed by atoms with van der Waals surface area (Å²) in [6, 6.07) is 7.05. The number of halogens is 1. The standard InChI is InChI=1S/C16H18FN3O/c1-10-6-15(4-5-16(10)20-12(3)21)19-11(2)13-7-14(17)9-18-8-13/h4-9,11,19H,1-3H3,(H,20,21). The number of hydrogen-bond donors (Lipinski definition) is 2. The second-order valence-electron chi connectivity index (χ2n) is 5.01. The van der Waals surface area contributed by atoms with Crippen molar-refractivity contribution in [2.75, 3.05) is 10.6 Å². The molecule has 2 rings (SSSR count). The van der Waals surface area contributed by atoms with Crippen molar-refractivity contribution >= 4 is 17.3 Å². The molecule has 5 heteroatoms. The summed E-state index contributed by atoms with van der Waals surface area (Å²) in [4.78, 5) is 14.9. The number of pyridine rings is 1. The lowest BCUT2D eigenvalue weighted by molar-refractivity contribution is -0.114. The Bertz CT molecular complexity index is 658. The van der Waals surface area contributed by atoms with Crippen molar-refractivity contribution in [1.29, 1.82) is 0 Å². The normalized spacial score (nSPS) is 11.8. The van der Waals surface area contributed by atoms with E-state index in [-0.39, 0.29) is 17.8 Å². The first kappa shape index (κ1) is 15.0. The van der Waals surface area contributed by atoms with Crippen LogP contribution in [0.1, 0.15) is 31.0 Å². The van der Waals surface area contributed by atoms with Crippen molar-refractivity contribution in [1.82, 2.24) is 4.98 Å². The minimum absolute atomic E-state index is 0.0702. The van der Waals surface area contributed by atoms with Gasteiger partial charge in [0.05, 0.1) is 12.2 Å². The van der Waals surface area contributed by atoms with Crippen LogP contribution in [0.25, 0.3) is 0 Å². The third-order valence-corrected chi connectivity index (χ3v) is 3.15. The third-order valence-electron chi connectivity index (χ3n) is 3.15. The number of aryl methyl sites for hydroxylation is 1. The molecule has 4 nitrogen and oxygen atoms in total. The molecule has 0 saturated heterocycles. The van der Waals surface area contributed by atoms with Crippen LogP contribution in [-0.4, -0.2) is 10.9 Å². The van der Waals surface area contributed by atoms with E-state index in [0.29, 0.717) is 0 Å². The summed E-state index contributed by atoms with van der Waals surface area (Å²) in [5.74, 6) is -0.448. The van der Waals surface area contributed by atoms with E-state index >= 15 is 0 Å². The van der Waals surface area contributed by atoms with Crippen LogP contribution in [0, 0.1) is 12.7 Å². The molecule has 0 aliphatic carbocycles. The lowest BCUT2D eigenvalue weighted by Gasteiger charge is -2.17. The maximum atomic E-state index is 13.2. The van der Waals surface area contributed by atoms with Crippen LogP contribution in [-0.2, 0) is 4.79 Å². The van der Waals surface area contributed by atoms with Gasteiger partial charge < -0.3 is 10.6 Å². The summed E-state index contributed by atoms with van der Waals surface area (Å²) in [5, 5.41) is 6.05. The van der Waals surface area contributed by atoms with Crippen LogP contribution in [0.15, 0.2) is 36.7 Å². The number of rotatable bonds is 4. The number of nitrogens with one attached hydrogen (secondary N) is 2. The maximum absolute atomic E-state index is 13.2. The lowest BCUT2D eigenvalue weighted by atomic mass is 10.1. The number of carbonyl (C=O) groups is 1. The number of nitrogens with zero attached hydrogens (tertiary/aromatic N) is 1. The molecule has 0 radical (unpaired) electrons. The Morgan fingerprint density at radius 3 is 2.67 bits per heavy atom. The largest absolute Gasteiger partial charge is 0.378 e. The Balaban J connectivity index is 2.12. The molecule has 1 aromatic carbocycles. The Kier molecular flexibility index (Phi) is 4.52. The predicted molar refractivity (Wildman–Crippen MR) is 81.7 cm³/mol. The van der Waals surface area contributed by atoms with Gasteiger partial charge in [-0.1, -0.05) is 0 Å². The zero-order valence-electron chi connectivity index (χ0n) is 12.3. The highest BCUT2D eigenvalue weighted by atomic mass is 19.1. The van der Waals surface area contributed by atoms with E-state index in [4.69, 9.17) is 0 Å². The fourth-order valence-electron chi connectivity index (χ4n) is 2.08. The fraction of sp³-hybridized carbons (Fsp3) is 0.250. The van der Waals surface area contributed by atoms with Crippen LogP contribution >= 0.6 is 0 Å². The minimum atomic E-state index is -0.349. The molecule has 0 bridgehead atoms. The van der Waals surface area contributed by atoms with Crippen molar-refractivity contribution in [3.8, 4) is 0 Å². The highest BCUT2D eigenvalue weighted by Gasteiger charge is 2.08. The molecule has 0 fully saturated rings. The Morgan fingerprint density at radius 2 is 2.05 bits per heavy atom. The zero-order valence-corrected chi connectivity index (χ0v) is 12.3. The second kappa shape index (κ2) is 6.35. The first-order chi connectivity index (χ1) is 9.95. The van der Waals surface area contributed by atoms with Crippen LogP contribution in [0.3, 0.4) is 0 Å². The molecule has 110 valence electrons. The average Bonchev–Trinajstić information content (AvgIpc) is 2.41. The fourth-order valence-corrected chi connectivity index (χ4v) is 2.08. The number of amides is 1. The lowest BCUT2D eigenvalue weighted by Crippen LogP contribution is -2.09. The van der Waals surface area contributed by atoms with Crippen molar-refractivity contribution in [3.05, 3.63) is 53.6 Å². The third kappa shape index (κ3) is 4.02.